The summed E-state index contributed by atoms with van der Waals surface area (Å²) in [6, 6.07) is 59.7. The van der Waals surface area contributed by atoms with Crippen LogP contribution in [0.4, 0.5) is 0 Å². The van der Waals surface area contributed by atoms with Crippen LogP contribution in [0.3, 0.4) is 0 Å². The van der Waals surface area contributed by atoms with Crippen molar-refractivity contribution in [2.45, 2.75) is 5.41 Å². The molecule has 3 nitrogen and oxygen atoms in total. The number of para-hydroxylation sites is 4. The van der Waals surface area contributed by atoms with Crippen molar-refractivity contribution in [2.75, 3.05) is 0 Å². The maximum absolute atomic E-state index is 9.30. The minimum Gasteiger partial charge on any atom is -0.309 e. The molecular formula is C61H39N3. The fourth-order valence-corrected chi connectivity index (χ4v) is 11.1. The summed E-state index contributed by atoms with van der Waals surface area (Å²) in [6.07, 6.45) is 0. The summed E-state index contributed by atoms with van der Waals surface area (Å²) in [5, 5.41) is 4.69. The summed E-state index contributed by atoms with van der Waals surface area (Å²) >= 11 is 0. The van der Waals surface area contributed by atoms with Crippen LogP contribution in [0.5, 0.6) is 0 Å². The molecule has 0 radical (unpaired) electrons. The van der Waals surface area contributed by atoms with E-state index in [1.807, 2.05) is 77.4 Å². The van der Waals surface area contributed by atoms with Gasteiger partial charge in [-0.05, 0) is 106 Å². The molecule has 3 aromatic heterocycles. The monoisotopic (exact) mass is 822 g/mol. The largest absolute Gasteiger partial charge is 0.309 e. The molecule has 14 rings (SSSR count). The first kappa shape index (κ1) is 27.5. The van der Waals surface area contributed by atoms with Crippen LogP contribution < -0.4 is 0 Å². The Hall–Kier alpha value is -8.40. The van der Waals surface area contributed by atoms with E-state index in [1.54, 1.807) is 4.57 Å². The highest BCUT2D eigenvalue weighted by Gasteiger charge is 2.46. The molecule has 3 heterocycles. The number of fused-ring (bicyclic) bond motifs is 12. The molecule has 0 spiro atoms. The molecule has 0 fully saturated rings. The van der Waals surface area contributed by atoms with Crippen LogP contribution in [0.15, 0.2) is 236 Å². The summed E-state index contributed by atoms with van der Waals surface area (Å²) in [6.45, 7) is 0. The third kappa shape index (κ3) is 4.65. The van der Waals surface area contributed by atoms with Crippen LogP contribution in [-0.4, -0.2) is 13.7 Å². The summed E-state index contributed by atoms with van der Waals surface area (Å²) in [5.74, 6) is 0. The van der Waals surface area contributed by atoms with Gasteiger partial charge in [-0.1, -0.05) is 164 Å². The molecule has 64 heavy (non-hydrogen) atoms. The molecule has 0 N–H and O–H groups in total. The number of aromatic nitrogens is 3. The van der Waals surface area contributed by atoms with Crippen molar-refractivity contribution < 1.29 is 12.3 Å². The van der Waals surface area contributed by atoms with Crippen LogP contribution in [0.2, 0.25) is 0 Å². The number of benzene rings is 10. The minimum atomic E-state index is -0.706. The Kier molecular flexibility index (Phi) is 5.72. The van der Waals surface area contributed by atoms with Crippen molar-refractivity contribution in [2.24, 2.45) is 0 Å². The maximum atomic E-state index is 9.30. The Morgan fingerprint density at radius 1 is 0.328 bits per heavy atom. The summed E-state index contributed by atoms with van der Waals surface area (Å²) in [5.41, 5.74) is 12.1. The molecule has 13 aromatic rings. The van der Waals surface area contributed by atoms with Crippen molar-refractivity contribution in [1.29, 1.82) is 0 Å². The molecule has 0 saturated heterocycles. The van der Waals surface area contributed by atoms with E-state index in [1.165, 1.54) is 22.3 Å². The van der Waals surface area contributed by atoms with Gasteiger partial charge in [-0.3, -0.25) is 0 Å². The van der Waals surface area contributed by atoms with E-state index in [-0.39, 0.29) is 41.9 Å². The molecule has 0 amide bonds. The van der Waals surface area contributed by atoms with Crippen molar-refractivity contribution in [3.05, 3.63) is 259 Å². The topological polar surface area (TPSA) is 14.8 Å². The third-order valence-corrected chi connectivity index (χ3v) is 13.5. The van der Waals surface area contributed by atoms with Gasteiger partial charge in [0, 0.05) is 43.7 Å². The van der Waals surface area contributed by atoms with E-state index < -0.39 is 23.5 Å². The van der Waals surface area contributed by atoms with Crippen LogP contribution in [-0.2, 0) is 5.41 Å². The zero-order valence-electron chi connectivity index (χ0n) is 43.2. The van der Waals surface area contributed by atoms with Crippen molar-refractivity contribution >= 4 is 65.4 Å². The van der Waals surface area contributed by atoms with Crippen LogP contribution in [0.25, 0.3) is 93.6 Å². The quantitative estimate of drug-likeness (QED) is 0.164. The fourth-order valence-electron chi connectivity index (χ4n) is 11.1. The van der Waals surface area contributed by atoms with Gasteiger partial charge < -0.3 is 13.7 Å². The smallest absolute Gasteiger partial charge is 0.0713 e. The van der Waals surface area contributed by atoms with E-state index in [0.29, 0.717) is 21.9 Å². The molecule has 10 aromatic carbocycles. The summed E-state index contributed by atoms with van der Waals surface area (Å²) < 4.78 is 85.8. The number of hydrogen-bond acceptors (Lipinski definition) is 0. The number of rotatable bonds is 5. The van der Waals surface area contributed by atoms with Crippen LogP contribution in [0.1, 0.15) is 34.6 Å². The Bertz CT molecular complexity index is 4490. The van der Waals surface area contributed by atoms with Gasteiger partial charge in [0.05, 0.1) is 56.5 Å². The highest BCUT2D eigenvalue weighted by atomic mass is 15.0. The molecule has 1 aliphatic rings. The molecule has 1 aliphatic carbocycles. The molecule has 298 valence electrons. The molecule has 0 aliphatic heterocycles. The lowest BCUT2D eigenvalue weighted by Gasteiger charge is -2.34. The standard InChI is InChI=1S/C61H39N3/c1-3-18-40(19-4-1)61(51-27-12-7-22-44(51)45-23-8-13-28-52(45)61)41-34-36-56-49(38-41)50-39-43(63-53-29-14-9-24-46(53)47-25-10-15-30-54(47)63)35-37-57(50)64(56)59-33-17-32-58-60(59)48-26-11-16-31-55(48)62(58)42-20-5-2-6-21-42/h1-39H/i2D,5D,6D,9D,14D,20D,21D,24D,29D. The highest BCUT2D eigenvalue weighted by molar-refractivity contribution is 6.17. The molecular weight excluding hydrogens is 775 g/mol. The maximum Gasteiger partial charge on any atom is 0.0713 e. The van der Waals surface area contributed by atoms with Gasteiger partial charge in [0.15, 0.2) is 0 Å². The lowest BCUT2D eigenvalue weighted by molar-refractivity contribution is 0.770. The van der Waals surface area contributed by atoms with Crippen molar-refractivity contribution in [3.63, 3.8) is 0 Å². The van der Waals surface area contributed by atoms with E-state index in [9.17, 15) is 1.37 Å². The number of hydrogen-bond donors (Lipinski definition) is 0. The first-order valence-corrected chi connectivity index (χ1v) is 21.5. The van der Waals surface area contributed by atoms with E-state index >= 15 is 0 Å². The Balaban J connectivity index is 1.13. The minimum absolute atomic E-state index is 0.0679. The van der Waals surface area contributed by atoms with Gasteiger partial charge in [0.25, 0.3) is 0 Å². The second kappa shape index (κ2) is 13.3. The second-order valence-corrected chi connectivity index (χ2v) is 16.5. The predicted octanol–water partition coefficient (Wildman–Crippen LogP) is 15.3. The SMILES string of the molecule is [2H]c1c([2H])c([2H])c(-n2c3ccccc3c3c(-n4c5ccc(-n6c7ccccc7c7c([2H])c([2H])c([2H])c([2H])c76)cc5c5cc(C6(c7ccccc7)c7ccccc7-c7ccccc76)ccc54)cccc32)c([2H])c1[2H]. The average molecular weight is 823 g/mol. The summed E-state index contributed by atoms with van der Waals surface area (Å²) in [4.78, 5) is 0. The first-order valence-electron chi connectivity index (χ1n) is 26.0. The molecule has 0 atom stereocenters. The van der Waals surface area contributed by atoms with Gasteiger partial charge >= 0.3 is 0 Å². The molecule has 0 bridgehead atoms. The predicted molar refractivity (Wildman–Crippen MR) is 267 cm³/mol. The van der Waals surface area contributed by atoms with E-state index in [4.69, 9.17) is 11.0 Å². The zero-order valence-corrected chi connectivity index (χ0v) is 34.2. The van der Waals surface area contributed by atoms with Crippen molar-refractivity contribution in [1.82, 2.24) is 13.7 Å². The molecule has 0 unspecified atom stereocenters. The van der Waals surface area contributed by atoms with Crippen molar-refractivity contribution in [3.8, 4) is 28.2 Å². The highest BCUT2D eigenvalue weighted by Crippen LogP contribution is 2.56. The van der Waals surface area contributed by atoms with Gasteiger partial charge in [0.2, 0.25) is 0 Å². The first-order chi connectivity index (χ1) is 35.5. The Morgan fingerprint density at radius 3 is 1.69 bits per heavy atom. The summed E-state index contributed by atoms with van der Waals surface area (Å²) in [7, 11) is 0. The molecule has 0 saturated carbocycles. The fraction of sp³-hybridized carbons (Fsp3) is 0.0164. The van der Waals surface area contributed by atoms with Gasteiger partial charge in [-0.25, -0.2) is 0 Å². The van der Waals surface area contributed by atoms with Crippen LogP contribution >= 0.6 is 0 Å². The average Bonchev–Trinajstić information content (AvgIpc) is 4.15. The van der Waals surface area contributed by atoms with E-state index in [0.717, 1.165) is 66.0 Å². The zero-order chi connectivity index (χ0) is 49.8. The van der Waals surface area contributed by atoms with Gasteiger partial charge in [-0.15, -0.1) is 0 Å². The van der Waals surface area contributed by atoms with Crippen LogP contribution in [0, 0.1) is 0 Å². The Morgan fingerprint density at radius 2 is 0.906 bits per heavy atom. The van der Waals surface area contributed by atoms with E-state index in [2.05, 4.69) is 114 Å². The lowest BCUT2D eigenvalue weighted by atomic mass is 9.67. The Labute approximate surface area is 382 Å². The molecule has 3 heteroatoms. The van der Waals surface area contributed by atoms with Gasteiger partial charge in [0.1, 0.15) is 0 Å². The lowest BCUT2D eigenvalue weighted by Crippen LogP contribution is -2.28. The third-order valence-electron chi connectivity index (χ3n) is 13.5. The van der Waals surface area contributed by atoms with Gasteiger partial charge in [-0.2, -0.15) is 0 Å². The second-order valence-electron chi connectivity index (χ2n) is 16.5. The number of nitrogens with zero attached hydrogens (tertiary/aromatic N) is 3. The normalized spacial score (nSPS) is 15.1.